The minimum absolute atomic E-state index is 0.385. The second-order valence-electron chi connectivity index (χ2n) is 6.23. The Morgan fingerprint density at radius 2 is 2.00 bits per heavy atom. The molecular weight excluding hydrogens is 198 g/mol. The van der Waals surface area contributed by atoms with Crippen LogP contribution in [0.3, 0.4) is 0 Å². The first-order valence-electron chi connectivity index (χ1n) is 6.49. The molecule has 0 bridgehead atoms. The topological polar surface area (TPSA) is 48.8 Å². The zero-order valence-corrected chi connectivity index (χ0v) is 11.1. The molecule has 1 aliphatic carbocycles. The second kappa shape index (κ2) is 5.58. The summed E-state index contributed by atoms with van der Waals surface area (Å²) in [7, 11) is 0. The Morgan fingerprint density at radius 3 is 2.50 bits per heavy atom. The average molecular weight is 223 g/mol. The minimum atomic E-state index is 0.385. The highest BCUT2D eigenvalue weighted by Crippen LogP contribution is 2.45. The van der Waals surface area contributed by atoms with Crippen LogP contribution in [0, 0.1) is 23.2 Å². The van der Waals surface area contributed by atoms with Gasteiger partial charge < -0.3 is 0 Å². The Balaban J connectivity index is 2.65. The molecule has 1 saturated carbocycles. The number of rotatable bonds is 3. The summed E-state index contributed by atoms with van der Waals surface area (Å²) in [5.41, 5.74) is 8.76. The molecule has 0 aromatic carbocycles. The van der Waals surface area contributed by atoms with Crippen molar-refractivity contribution in [1.29, 1.82) is 0 Å². The van der Waals surface area contributed by atoms with E-state index < -0.39 is 0 Å². The van der Waals surface area contributed by atoms with Gasteiger partial charge in [0.1, 0.15) is 0 Å². The van der Waals surface area contributed by atoms with E-state index in [0.29, 0.717) is 17.9 Å². The Labute approximate surface area is 99.2 Å². The molecule has 16 heavy (non-hydrogen) atoms. The summed E-state index contributed by atoms with van der Waals surface area (Å²) in [4.78, 5) is 2.88. The molecule has 3 heteroatoms. The van der Waals surface area contributed by atoms with Crippen molar-refractivity contribution in [1.82, 2.24) is 0 Å². The molecule has 3 atom stereocenters. The van der Waals surface area contributed by atoms with E-state index >= 15 is 0 Å². The Hall–Kier alpha value is -0.690. The van der Waals surface area contributed by atoms with E-state index in [-0.39, 0.29) is 0 Å². The normalized spacial score (nSPS) is 30.9. The zero-order valence-electron chi connectivity index (χ0n) is 11.1. The van der Waals surface area contributed by atoms with Gasteiger partial charge in [-0.15, -0.1) is 0 Å². The molecule has 0 heterocycles. The van der Waals surface area contributed by atoms with Crippen LogP contribution in [-0.2, 0) is 0 Å². The van der Waals surface area contributed by atoms with Crippen LogP contribution in [-0.4, -0.2) is 6.54 Å². The van der Waals surface area contributed by atoms with Gasteiger partial charge in [-0.05, 0) is 41.5 Å². The molecule has 0 amide bonds. The van der Waals surface area contributed by atoms with E-state index in [2.05, 4.69) is 37.7 Å². The molecule has 1 aliphatic rings. The molecular formula is C13H25N3. The Kier molecular flexibility index (Phi) is 4.67. The summed E-state index contributed by atoms with van der Waals surface area (Å²) >= 11 is 0. The summed E-state index contributed by atoms with van der Waals surface area (Å²) in [6.07, 6.45) is 5.07. The standard InChI is InChI=1S/C13H25N3/c1-5-11-7-6-10(9-15-16-14)8-12(11)13(2,3)4/h10-12H,5-9H2,1-4H3. The van der Waals surface area contributed by atoms with Crippen molar-refractivity contribution in [2.24, 2.45) is 28.3 Å². The fourth-order valence-electron chi connectivity index (χ4n) is 3.19. The van der Waals surface area contributed by atoms with Gasteiger partial charge in [-0.3, -0.25) is 0 Å². The first-order valence-corrected chi connectivity index (χ1v) is 6.49. The van der Waals surface area contributed by atoms with Crippen molar-refractivity contribution in [3.05, 3.63) is 10.4 Å². The van der Waals surface area contributed by atoms with Crippen molar-refractivity contribution in [2.75, 3.05) is 6.54 Å². The van der Waals surface area contributed by atoms with Crippen LogP contribution in [0.2, 0.25) is 0 Å². The predicted octanol–water partition coefficient (Wildman–Crippen LogP) is 4.79. The molecule has 0 N–H and O–H groups in total. The highest BCUT2D eigenvalue weighted by Gasteiger charge is 2.36. The molecule has 3 unspecified atom stereocenters. The monoisotopic (exact) mass is 223 g/mol. The van der Waals surface area contributed by atoms with E-state index in [9.17, 15) is 0 Å². The summed E-state index contributed by atoms with van der Waals surface area (Å²) in [6.45, 7) is 10.0. The minimum Gasteiger partial charge on any atom is -0.0937 e. The van der Waals surface area contributed by atoms with Crippen LogP contribution >= 0.6 is 0 Å². The van der Waals surface area contributed by atoms with Gasteiger partial charge in [-0.1, -0.05) is 45.7 Å². The number of azide groups is 1. The van der Waals surface area contributed by atoms with E-state index in [1.54, 1.807) is 0 Å². The molecule has 0 spiro atoms. The van der Waals surface area contributed by atoms with Gasteiger partial charge in [0.25, 0.3) is 0 Å². The smallest absolute Gasteiger partial charge is 0.0286 e. The van der Waals surface area contributed by atoms with E-state index in [1.165, 1.54) is 25.7 Å². The fourth-order valence-corrected chi connectivity index (χ4v) is 3.19. The molecule has 0 aromatic heterocycles. The third-order valence-corrected chi connectivity index (χ3v) is 4.14. The van der Waals surface area contributed by atoms with E-state index in [0.717, 1.165) is 11.8 Å². The van der Waals surface area contributed by atoms with Gasteiger partial charge in [0.15, 0.2) is 0 Å². The highest BCUT2D eigenvalue weighted by molar-refractivity contribution is 4.87. The van der Waals surface area contributed by atoms with Crippen molar-refractivity contribution >= 4 is 0 Å². The third-order valence-electron chi connectivity index (χ3n) is 4.14. The predicted molar refractivity (Wildman–Crippen MR) is 68.1 cm³/mol. The van der Waals surface area contributed by atoms with E-state index in [1.807, 2.05) is 0 Å². The van der Waals surface area contributed by atoms with Crippen molar-refractivity contribution < 1.29 is 0 Å². The summed E-state index contributed by atoms with van der Waals surface area (Å²) in [6, 6.07) is 0. The maximum Gasteiger partial charge on any atom is 0.0286 e. The van der Waals surface area contributed by atoms with Crippen LogP contribution in [0.15, 0.2) is 5.11 Å². The number of nitrogens with zero attached hydrogens (tertiary/aromatic N) is 3. The summed E-state index contributed by atoms with van der Waals surface area (Å²) in [5, 5.41) is 3.74. The van der Waals surface area contributed by atoms with Crippen LogP contribution in [0.4, 0.5) is 0 Å². The molecule has 1 rings (SSSR count). The van der Waals surface area contributed by atoms with Crippen molar-refractivity contribution in [2.45, 2.75) is 53.4 Å². The van der Waals surface area contributed by atoms with Crippen LogP contribution in [0.5, 0.6) is 0 Å². The SMILES string of the molecule is CCC1CCC(CN=[N+]=[N-])CC1C(C)(C)C. The maximum atomic E-state index is 8.38. The van der Waals surface area contributed by atoms with Gasteiger partial charge in [0.2, 0.25) is 0 Å². The lowest BCUT2D eigenvalue weighted by molar-refractivity contribution is 0.0760. The Morgan fingerprint density at radius 1 is 1.31 bits per heavy atom. The molecule has 1 fully saturated rings. The van der Waals surface area contributed by atoms with E-state index in [4.69, 9.17) is 5.53 Å². The molecule has 0 aromatic rings. The molecule has 0 aliphatic heterocycles. The quantitative estimate of drug-likeness (QED) is 0.375. The van der Waals surface area contributed by atoms with Gasteiger partial charge in [0.05, 0.1) is 0 Å². The maximum absolute atomic E-state index is 8.38. The molecule has 0 saturated heterocycles. The van der Waals surface area contributed by atoms with Gasteiger partial charge >= 0.3 is 0 Å². The van der Waals surface area contributed by atoms with Crippen LogP contribution in [0.25, 0.3) is 10.4 Å². The first-order chi connectivity index (χ1) is 7.49. The molecule has 3 nitrogen and oxygen atoms in total. The number of hydrogen-bond acceptors (Lipinski definition) is 1. The third kappa shape index (κ3) is 3.41. The fraction of sp³-hybridized carbons (Fsp3) is 1.00. The second-order valence-corrected chi connectivity index (χ2v) is 6.23. The summed E-state index contributed by atoms with van der Waals surface area (Å²) in [5.74, 6) is 2.26. The van der Waals surface area contributed by atoms with Gasteiger partial charge in [-0.25, -0.2) is 0 Å². The van der Waals surface area contributed by atoms with Gasteiger partial charge in [0, 0.05) is 11.5 Å². The lowest BCUT2D eigenvalue weighted by Gasteiger charge is -2.43. The summed E-state index contributed by atoms with van der Waals surface area (Å²) < 4.78 is 0. The van der Waals surface area contributed by atoms with Crippen LogP contribution in [0.1, 0.15) is 53.4 Å². The highest BCUT2D eigenvalue weighted by atomic mass is 15.1. The average Bonchev–Trinajstić information content (AvgIpc) is 2.24. The van der Waals surface area contributed by atoms with Crippen molar-refractivity contribution in [3.63, 3.8) is 0 Å². The van der Waals surface area contributed by atoms with Gasteiger partial charge in [-0.2, -0.15) is 0 Å². The van der Waals surface area contributed by atoms with Crippen LogP contribution < -0.4 is 0 Å². The largest absolute Gasteiger partial charge is 0.0937 e. The molecule has 92 valence electrons. The zero-order chi connectivity index (χ0) is 12.2. The molecule has 0 radical (unpaired) electrons. The number of hydrogen-bond donors (Lipinski definition) is 0. The lowest BCUT2D eigenvalue weighted by Crippen LogP contribution is -2.34. The first kappa shape index (κ1) is 13.4. The lowest BCUT2D eigenvalue weighted by atomic mass is 9.63. The van der Waals surface area contributed by atoms with Crippen molar-refractivity contribution in [3.8, 4) is 0 Å². The Bertz CT molecular complexity index is 261.